The van der Waals surface area contributed by atoms with Gasteiger partial charge in [-0.15, -0.1) is 11.3 Å². The molecule has 0 saturated carbocycles. The number of carbonyl (C=O) groups excluding carboxylic acids is 1. The Bertz CT molecular complexity index is 535. The summed E-state index contributed by atoms with van der Waals surface area (Å²) in [4.78, 5) is 12.2. The van der Waals surface area contributed by atoms with Crippen LogP contribution in [0.25, 0.3) is 10.1 Å². The van der Waals surface area contributed by atoms with E-state index in [-0.39, 0.29) is 0 Å². The number of nitriles is 1. The fraction of sp³-hybridized carbons (Fsp3) is 0.167. The Hall–Kier alpha value is -1.86. The summed E-state index contributed by atoms with van der Waals surface area (Å²) < 4.78 is 5.97. The summed E-state index contributed by atoms with van der Waals surface area (Å²) >= 11 is 1.37. The van der Waals surface area contributed by atoms with Crippen molar-refractivity contribution in [2.24, 2.45) is 0 Å². The molecule has 0 amide bonds. The molecule has 1 aromatic carbocycles. The van der Waals surface area contributed by atoms with Crippen molar-refractivity contribution in [3.05, 3.63) is 35.2 Å². The lowest BCUT2D eigenvalue weighted by Gasteiger charge is -2.02. The number of esters is 1. The smallest absolute Gasteiger partial charge is 0.349 e. The number of nitrogens with zero attached hydrogens (tertiary/aromatic N) is 1. The molecule has 2 rings (SSSR count). The fourth-order valence-corrected chi connectivity index (χ4v) is 2.27. The van der Waals surface area contributed by atoms with E-state index in [4.69, 9.17) is 10.00 Å². The first-order chi connectivity index (χ1) is 7.70. The van der Waals surface area contributed by atoms with E-state index in [0.29, 0.717) is 4.88 Å². The Labute approximate surface area is 96.9 Å². The number of hydrogen-bond donors (Lipinski definition) is 0. The van der Waals surface area contributed by atoms with Crippen LogP contribution in [-0.2, 0) is 4.74 Å². The number of fused-ring (bicyclic) bond motifs is 1. The molecular formula is C12H9NO2S. The van der Waals surface area contributed by atoms with Crippen LogP contribution in [0.2, 0.25) is 0 Å². The van der Waals surface area contributed by atoms with Gasteiger partial charge >= 0.3 is 5.97 Å². The maximum Gasteiger partial charge on any atom is 0.349 e. The van der Waals surface area contributed by atoms with Gasteiger partial charge in [0.15, 0.2) is 6.10 Å². The van der Waals surface area contributed by atoms with Crippen LogP contribution in [0.5, 0.6) is 0 Å². The number of hydrogen-bond acceptors (Lipinski definition) is 4. The van der Waals surface area contributed by atoms with Gasteiger partial charge in [0.25, 0.3) is 0 Å². The molecule has 0 spiro atoms. The van der Waals surface area contributed by atoms with E-state index in [1.165, 1.54) is 11.3 Å². The van der Waals surface area contributed by atoms with Crippen molar-refractivity contribution in [3.63, 3.8) is 0 Å². The van der Waals surface area contributed by atoms with Gasteiger partial charge in [-0.1, -0.05) is 18.2 Å². The van der Waals surface area contributed by atoms with Crippen LogP contribution in [0.1, 0.15) is 16.6 Å². The minimum Gasteiger partial charge on any atom is -0.443 e. The molecule has 16 heavy (non-hydrogen) atoms. The molecule has 2 aromatic rings. The number of carbonyl (C=O) groups is 1. The summed E-state index contributed by atoms with van der Waals surface area (Å²) in [5, 5.41) is 9.56. The fourth-order valence-electron chi connectivity index (χ4n) is 1.33. The molecule has 3 nitrogen and oxygen atoms in total. The summed E-state index contributed by atoms with van der Waals surface area (Å²) in [6.07, 6.45) is -0.710. The average Bonchev–Trinajstić information content (AvgIpc) is 2.72. The molecule has 4 heteroatoms. The second-order valence-corrected chi connectivity index (χ2v) is 4.41. The number of rotatable bonds is 2. The van der Waals surface area contributed by atoms with Crippen molar-refractivity contribution in [3.8, 4) is 6.07 Å². The van der Waals surface area contributed by atoms with Crippen molar-refractivity contribution >= 4 is 27.4 Å². The highest BCUT2D eigenvalue weighted by Gasteiger charge is 2.14. The van der Waals surface area contributed by atoms with E-state index in [1.807, 2.05) is 30.3 Å². The Kier molecular flexibility index (Phi) is 2.88. The highest BCUT2D eigenvalue weighted by molar-refractivity contribution is 7.20. The lowest BCUT2D eigenvalue weighted by atomic mass is 10.2. The van der Waals surface area contributed by atoms with Gasteiger partial charge in [-0.25, -0.2) is 4.79 Å². The SMILES string of the molecule is CC(C#N)OC(=O)c1cc2ccccc2s1. The zero-order valence-electron chi connectivity index (χ0n) is 8.64. The van der Waals surface area contributed by atoms with Crippen LogP contribution in [0.4, 0.5) is 0 Å². The number of thiophene rings is 1. The van der Waals surface area contributed by atoms with Crippen molar-refractivity contribution in [2.75, 3.05) is 0 Å². The number of ether oxygens (including phenoxy) is 1. The third kappa shape index (κ3) is 2.05. The molecule has 0 bridgehead atoms. The molecule has 0 saturated heterocycles. The van der Waals surface area contributed by atoms with Gasteiger partial charge in [-0.05, 0) is 24.4 Å². The topological polar surface area (TPSA) is 50.1 Å². The summed E-state index contributed by atoms with van der Waals surface area (Å²) in [5.74, 6) is -0.435. The van der Waals surface area contributed by atoms with Crippen molar-refractivity contribution in [1.82, 2.24) is 0 Å². The molecule has 80 valence electrons. The lowest BCUT2D eigenvalue weighted by Crippen LogP contribution is -2.11. The van der Waals surface area contributed by atoms with E-state index in [1.54, 1.807) is 13.0 Å². The van der Waals surface area contributed by atoms with Gasteiger partial charge in [0.1, 0.15) is 10.9 Å². The minimum absolute atomic E-state index is 0.435. The molecule has 0 fully saturated rings. The Morgan fingerprint density at radius 1 is 1.50 bits per heavy atom. The number of benzene rings is 1. The second-order valence-electron chi connectivity index (χ2n) is 3.33. The van der Waals surface area contributed by atoms with Crippen molar-refractivity contribution in [1.29, 1.82) is 5.26 Å². The van der Waals surface area contributed by atoms with Crippen LogP contribution >= 0.6 is 11.3 Å². The van der Waals surface area contributed by atoms with Gasteiger partial charge in [-0.3, -0.25) is 0 Å². The lowest BCUT2D eigenvalue weighted by molar-refractivity contribution is 0.0441. The van der Waals surface area contributed by atoms with E-state index >= 15 is 0 Å². The van der Waals surface area contributed by atoms with Gasteiger partial charge in [0.2, 0.25) is 0 Å². The first kappa shape index (κ1) is 10.7. The monoisotopic (exact) mass is 231 g/mol. The molecule has 0 aliphatic carbocycles. The summed E-state index contributed by atoms with van der Waals surface area (Å²) in [6, 6.07) is 11.4. The largest absolute Gasteiger partial charge is 0.443 e. The first-order valence-electron chi connectivity index (χ1n) is 4.80. The predicted molar refractivity (Wildman–Crippen MR) is 62.3 cm³/mol. The molecule has 0 radical (unpaired) electrons. The van der Waals surface area contributed by atoms with E-state index in [9.17, 15) is 4.79 Å². The molecule has 0 aliphatic heterocycles. The van der Waals surface area contributed by atoms with Gasteiger partial charge in [0, 0.05) is 4.70 Å². The van der Waals surface area contributed by atoms with Crippen molar-refractivity contribution in [2.45, 2.75) is 13.0 Å². The molecule has 0 aliphatic rings. The van der Waals surface area contributed by atoms with Crippen LogP contribution in [0, 0.1) is 11.3 Å². The Morgan fingerprint density at radius 2 is 2.25 bits per heavy atom. The summed E-state index contributed by atoms with van der Waals surface area (Å²) in [6.45, 7) is 1.55. The third-order valence-corrected chi connectivity index (χ3v) is 3.19. The molecule has 1 atom stereocenters. The van der Waals surface area contributed by atoms with Gasteiger partial charge < -0.3 is 4.74 Å². The van der Waals surface area contributed by atoms with E-state index in [2.05, 4.69) is 0 Å². The van der Waals surface area contributed by atoms with Crippen molar-refractivity contribution < 1.29 is 9.53 Å². The standard InChI is InChI=1S/C12H9NO2S/c1-8(7-13)15-12(14)11-6-9-4-2-3-5-10(9)16-11/h2-6,8H,1H3. The van der Waals surface area contributed by atoms with Gasteiger partial charge in [0.05, 0.1) is 0 Å². The maximum absolute atomic E-state index is 11.6. The second kappa shape index (κ2) is 4.33. The normalized spacial score (nSPS) is 12.0. The maximum atomic E-state index is 11.6. The van der Waals surface area contributed by atoms with E-state index < -0.39 is 12.1 Å². The van der Waals surface area contributed by atoms with Crippen LogP contribution in [0.15, 0.2) is 30.3 Å². The zero-order valence-corrected chi connectivity index (χ0v) is 9.45. The summed E-state index contributed by atoms with van der Waals surface area (Å²) in [5.41, 5.74) is 0. The van der Waals surface area contributed by atoms with Crippen LogP contribution < -0.4 is 0 Å². The molecule has 1 aromatic heterocycles. The highest BCUT2D eigenvalue weighted by Crippen LogP contribution is 2.25. The molecular weight excluding hydrogens is 222 g/mol. The predicted octanol–water partition coefficient (Wildman–Crippen LogP) is 2.97. The quantitative estimate of drug-likeness (QED) is 0.746. The summed E-state index contributed by atoms with van der Waals surface area (Å²) in [7, 11) is 0. The minimum atomic E-state index is -0.710. The van der Waals surface area contributed by atoms with E-state index in [0.717, 1.165) is 10.1 Å². The first-order valence-corrected chi connectivity index (χ1v) is 5.61. The zero-order chi connectivity index (χ0) is 11.5. The molecule has 1 heterocycles. The van der Waals surface area contributed by atoms with Crippen LogP contribution in [-0.4, -0.2) is 12.1 Å². The average molecular weight is 231 g/mol. The molecule has 0 N–H and O–H groups in total. The van der Waals surface area contributed by atoms with Gasteiger partial charge in [-0.2, -0.15) is 5.26 Å². The molecule has 1 unspecified atom stereocenters. The Morgan fingerprint density at radius 3 is 2.94 bits per heavy atom. The highest BCUT2D eigenvalue weighted by atomic mass is 32.1. The van der Waals surface area contributed by atoms with Crippen LogP contribution in [0.3, 0.4) is 0 Å². The third-order valence-electron chi connectivity index (χ3n) is 2.09. The Balaban J connectivity index is 2.27.